The Balaban J connectivity index is 3.01. The summed E-state index contributed by atoms with van der Waals surface area (Å²) in [5, 5.41) is 9.97. The fraction of sp³-hybridized carbons (Fsp3) is 0.375. The molecular weight excluding hydrogens is 254 g/mol. The summed E-state index contributed by atoms with van der Waals surface area (Å²) in [6.45, 7) is 5.38. The largest absolute Gasteiger partial charge is 0.511 e. The highest BCUT2D eigenvalue weighted by molar-refractivity contribution is 6.13. The van der Waals surface area contributed by atoms with Crippen LogP contribution in [0.2, 0.25) is 0 Å². The minimum atomic E-state index is -0.199. The number of methoxy groups -OCH3 is 1. The number of rotatable bonds is 6. The number of allylic oxidation sites excluding steroid dienone is 2. The van der Waals surface area contributed by atoms with Crippen LogP contribution in [0.25, 0.3) is 0 Å². The first-order valence-electron chi connectivity index (χ1n) is 6.55. The smallest absolute Gasteiger partial charge is 0.164 e. The topological polar surface area (TPSA) is 58.9 Å². The lowest BCUT2D eigenvalue weighted by Gasteiger charge is -2.06. The van der Waals surface area contributed by atoms with E-state index in [0.717, 1.165) is 0 Å². The average Bonchev–Trinajstić information content (AvgIpc) is 2.38. The van der Waals surface area contributed by atoms with Crippen molar-refractivity contribution in [1.82, 2.24) is 0 Å². The van der Waals surface area contributed by atoms with Crippen molar-refractivity contribution in [2.45, 2.75) is 27.2 Å². The van der Waals surface area contributed by atoms with Gasteiger partial charge in [-0.1, -0.05) is 19.9 Å². The highest BCUT2D eigenvalue weighted by atomic mass is 16.5. The van der Waals surface area contributed by atoms with Crippen LogP contribution < -0.4 is 4.74 Å². The third-order valence-electron chi connectivity index (χ3n) is 2.69. The van der Waals surface area contributed by atoms with Gasteiger partial charge >= 0.3 is 0 Å². The molecule has 0 aliphatic heterocycles. The quantitative estimate of drug-likeness (QED) is 0.487. The summed E-state index contributed by atoms with van der Waals surface area (Å²) in [5.74, 6) is 0.850. The first-order valence-corrected chi connectivity index (χ1v) is 6.55. The molecule has 0 heterocycles. The number of carbonyl (C=O) groups is 1. The molecule has 0 bridgehead atoms. The van der Waals surface area contributed by atoms with Gasteiger partial charge in [-0.3, -0.25) is 9.79 Å². The van der Waals surface area contributed by atoms with E-state index < -0.39 is 0 Å². The Morgan fingerprint density at radius 1 is 1.45 bits per heavy atom. The lowest BCUT2D eigenvalue weighted by Crippen LogP contribution is -2.05. The van der Waals surface area contributed by atoms with E-state index in [4.69, 9.17) is 4.74 Å². The molecule has 1 N–H and O–H groups in total. The van der Waals surface area contributed by atoms with Gasteiger partial charge in [-0.2, -0.15) is 0 Å². The molecule has 0 spiro atoms. The Morgan fingerprint density at radius 2 is 2.15 bits per heavy atom. The molecule has 0 unspecified atom stereocenters. The van der Waals surface area contributed by atoms with Crippen LogP contribution in [0, 0.1) is 5.92 Å². The minimum absolute atomic E-state index is 0.0825. The number of ketones is 1. The molecule has 0 atom stereocenters. The van der Waals surface area contributed by atoms with Crippen LogP contribution >= 0.6 is 0 Å². The molecule has 4 heteroatoms. The van der Waals surface area contributed by atoms with Gasteiger partial charge in [0.1, 0.15) is 11.5 Å². The molecule has 0 amide bonds. The summed E-state index contributed by atoms with van der Waals surface area (Å²) in [6, 6.07) is 7.19. The lowest BCUT2D eigenvalue weighted by molar-refractivity contribution is -0.113. The maximum atomic E-state index is 11.6. The molecule has 0 saturated carbocycles. The zero-order chi connectivity index (χ0) is 15.1. The number of hydrogen-bond donors (Lipinski definition) is 1. The molecule has 20 heavy (non-hydrogen) atoms. The number of Topliss-reactive ketones (excluding diaryl/α,β-unsaturated/α-hetero) is 1. The summed E-state index contributed by atoms with van der Waals surface area (Å²) < 4.78 is 5.11. The van der Waals surface area contributed by atoms with Crippen molar-refractivity contribution < 1.29 is 14.6 Å². The Kier molecular flexibility index (Phi) is 5.97. The standard InChI is InChI=1S/C16H21NO3/c1-11(2)8-16(19)15(12(3)18)10-17-13-6-5-7-14(9-13)20-4/h5-7,9-11,19H,8H2,1-4H3. The highest BCUT2D eigenvalue weighted by Crippen LogP contribution is 2.20. The number of aliphatic hydroxyl groups is 1. The van der Waals surface area contributed by atoms with Crippen molar-refractivity contribution in [1.29, 1.82) is 0 Å². The summed E-state index contributed by atoms with van der Waals surface area (Å²) in [4.78, 5) is 15.8. The maximum absolute atomic E-state index is 11.6. The Morgan fingerprint density at radius 3 is 2.70 bits per heavy atom. The molecule has 108 valence electrons. The molecule has 0 aliphatic rings. The minimum Gasteiger partial charge on any atom is -0.511 e. The summed E-state index contributed by atoms with van der Waals surface area (Å²) in [7, 11) is 1.58. The van der Waals surface area contributed by atoms with Gasteiger partial charge < -0.3 is 9.84 Å². The SMILES string of the molecule is COc1cccc(N=CC(C(C)=O)=C(O)CC(C)C)c1. The zero-order valence-electron chi connectivity index (χ0n) is 12.4. The molecule has 0 aromatic heterocycles. The summed E-state index contributed by atoms with van der Waals surface area (Å²) in [6.07, 6.45) is 1.87. The van der Waals surface area contributed by atoms with Crippen LogP contribution in [0.15, 0.2) is 40.6 Å². The number of hydrogen-bond acceptors (Lipinski definition) is 4. The van der Waals surface area contributed by atoms with Crippen molar-refractivity contribution in [3.8, 4) is 5.75 Å². The van der Waals surface area contributed by atoms with Gasteiger partial charge in [-0.05, 0) is 25.0 Å². The number of ether oxygens (including phenoxy) is 1. The number of aliphatic imine (C=N–C) groups is 1. The Bertz CT molecular complexity index is 530. The molecule has 0 saturated heterocycles. The molecular formula is C16H21NO3. The van der Waals surface area contributed by atoms with Gasteiger partial charge in [0, 0.05) is 18.7 Å². The van der Waals surface area contributed by atoms with Crippen molar-refractivity contribution in [2.24, 2.45) is 10.9 Å². The van der Waals surface area contributed by atoms with E-state index in [9.17, 15) is 9.90 Å². The third-order valence-corrected chi connectivity index (χ3v) is 2.69. The predicted molar refractivity (Wildman–Crippen MR) is 80.9 cm³/mol. The van der Waals surface area contributed by atoms with Crippen molar-refractivity contribution in [3.05, 3.63) is 35.6 Å². The molecule has 0 fully saturated rings. The Hall–Kier alpha value is -2.10. The van der Waals surface area contributed by atoms with E-state index in [-0.39, 0.29) is 23.0 Å². The van der Waals surface area contributed by atoms with Crippen LogP contribution in [-0.2, 0) is 4.79 Å². The van der Waals surface area contributed by atoms with Crippen LogP contribution in [0.1, 0.15) is 27.2 Å². The van der Waals surface area contributed by atoms with E-state index >= 15 is 0 Å². The van der Waals surface area contributed by atoms with Crippen molar-refractivity contribution in [2.75, 3.05) is 7.11 Å². The summed E-state index contributed by atoms with van der Waals surface area (Å²) in [5.41, 5.74) is 0.918. The van der Waals surface area contributed by atoms with Crippen LogP contribution in [0.4, 0.5) is 5.69 Å². The number of benzene rings is 1. The second-order valence-electron chi connectivity index (χ2n) is 4.97. The first-order chi connectivity index (χ1) is 9.43. The number of carbonyl (C=O) groups excluding carboxylic acids is 1. The average molecular weight is 275 g/mol. The maximum Gasteiger partial charge on any atom is 0.164 e. The predicted octanol–water partition coefficient (Wildman–Crippen LogP) is 3.84. The number of nitrogens with zero attached hydrogens (tertiary/aromatic N) is 1. The van der Waals surface area contributed by atoms with Crippen molar-refractivity contribution in [3.63, 3.8) is 0 Å². The molecule has 4 nitrogen and oxygen atoms in total. The molecule has 1 rings (SSSR count). The fourth-order valence-corrected chi connectivity index (χ4v) is 1.70. The van der Waals surface area contributed by atoms with E-state index in [1.54, 1.807) is 19.2 Å². The van der Waals surface area contributed by atoms with E-state index in [0.29, 0.717) is 17.9 Å². The van der Waals surface area contributed by atoms with Gasteiger partial charge in [0.05, 0.1) is 18.4 Å². The van der Waals surface area contributed by atoms with E-state index in [1.807, 2.05) is 26.0 Å². The normalized spacial score (nSPS) is 12.7. The lowest BCUT2D eigenvalue weighted by atomic mass is 10.0. The van der Waals surface area contributed by atoms with Gasteiger partial charge in [0.15, 0.2) is 5.78 Å². The van der Waals surface area contributed by atoms with Gasteiger partial charge in [-0.25, -0.2) is 0 Å². The zero-order valence-corrected chi connectivity index (χ0v) is 12.4. The van der Waals surface area contributed by atoms with Crippen molar-refractivity contribution >= 4 is 17.7 Å². The van der Waals surface area contributed by atoms with E-state index in [1.165, 1.54) is 13.1 Å². The highest BCUT2D eigenvalue weighted by Gasteiger charge is 2.10. The van der Waals surface area contributed by atoms with Crippen LogP contribution in [0.3, 0.4) is 0 Å². The van der Waals surface area contributed by atoms with Gasteiger partial charge in [0.25, 0.3) is 0 Å². The van der Waals surface area contributed by atoms with E-state index in [2.05, 4.69) is 4.99 Å². The second-order valence-corrected chi connectivity index (χ2v) is 4.97. The first kappa shape index (κ1) is 16.0. The molecule has 1 aromatic carbocycles. The molecule has 1 aromatic rings. The van der Waals surface area contributed by atoms with Gasteiger partial charge in [0.2, 0.25) is 0 Å². The molecule has 0 radical (unpaired) electrons. The monoisotopic (exact) mass is 275 g/mol. The third kappa shape index (κ3) is 4.88. The Labute approximate surface area is 119 Å². The summed E-state index contributed by atoms with van der Waals surface area (Å²) >= 11 is 0. The second kappa shape index (κ2) is 7.48. The fourth-order valence-electron chi connectivity index (χ4n) is 1.70. The number of aliphatic hydroxyl groups excluding tert-OH is 1. The van der Waals surface area contributed by atoms with Gasteiger partial charge in [-0.15, -0.1) is 0 Å². The van der Waals surface area contributed by atoms with Crippen LogP contribution in [0.5, 0.6) is 5.75 Å². The van der Waals surface area contributed by atoms with Crippen LogP contribution in [-0.4, -0.2) is 24.2 Å². The molecule has 0 aliphatic carbocycles.